The molecule has 0 bridgehead atoms. The summed E-state index contributed by atoms with van der Waals surface area (Å²) in [5.74, 6) is 2.38. The maximum absolute atomic E-state index is 12.7. The first kappa shape index (κ1) is 19.4. The molecule has 4 rings (SSSR count). The molecule has 29 heavy (non-hydrogen) atoms. The van der Waals surface area contributed by atoms with Crippen molar-refractivity contribution in [1.82, 2.24) is 14.9 Å². The van der Waals surface area contributed by atoms with Gasteiger partial charge in [0, 0.05) is 45.5 Å². The van der Waals surface area contributed by atoms with E-state index in [1.165, 1.54) is 0 Å². The topological polar surface area (TPSA) is 71.0 Å². The maximum Gasteiger partial charge on any atom is 0.263 e. The smallest absolute Gasteiger partial charge is 0.263 e. The third-order valence-corrected chi connectivity index (χ3v) is 5.24. The van der Waals surface area contributed by atoms with Gasteiger partial charge < -0.3 is 24.2 Å². The molecule has 0 saturated carbocycles. The van der Waals surface area contributed by atoms with Gasteiger partial charge >= 0.3 is 0 Å². The van der Waals surface area contributed by atoms with Crippen LogP contribution in [0.2, 0.25) is 0 Å². The second-order valence-corrected chi connectivity index (χ2v) is 7.20. The van der Waals surface area contributed by atoms with Crippen molar-refractivity contribution in [2.75, 3.05) is 62.3 Å². The monoisotopic (exact) mass is 397 g/mol. The van der Waals surface area contributed by atoms with E-state index in [4.69, 9.17) is 14.5 Å². The van der Waals surface area contributed by atoms with E-state index in [1.807, 2.05) is 41.3 Å². The van der Waals surface area contributed by atoms with Gasteiger partial charge in [-0.2, -0.15) is 4.98 Å². The van der Waals surface area contributed by atoms with Crippen LogP contribution in [0.5, 0.6) is 5.75 Å². The lowest BCUT2D eigenvalue weighted by molar-refractivity contribution is -0.138. The number of morpholine rings is 1. The molecule has 2 aliphatic rings. The number of benzene rings is 1. The molecular weight excluding hydrogens is 370 g/mol. The maximum atomic E-state index is 12.7. The van der Waals surface area contributed by atoms with Gasteiger partial charge in [0.2, 0.25) is 5.95 Å². The zero-order valence-electron chi connectivity index (χ0n) is 16.7. The van der Waals surface area contributed by atoms with Crippen LogP contribution in [0.3, 0.4) is 0 Å². The molecule has 0 radical (unpaired) electrons. The Morgan fingerprint density at radius 2 is 1.72 bits per heavy atom. The zero-order chi connectivity index (χ0) is 20.1. The van der Waals surface area contributed by atoms with Crippen molar-refractivity contribution in [2.24, 2.45) is 0 Å². The third-order valence-electron chi connectivity index (χ3n) is 5.24. The highest BCUT2D eigenvalue weighted by Crippen LogP contribution is 2.19. The zero-order valence-corrected chi connectivity index (χ0v) is 16.7. The molecule has 154 valence electrons. The van der Waals surface area contributed by atoms with Gasteiger partial charge in [0.25, 0.3) is 5.91 Å². The van der Waals surface area contributed by atoms with E-state index < -0.39 is 6.10 Å². The first-order valence-corrected chi connectivity index (χ1v) is 10.1. The Hall–Kier alpha value is -2.87. The summed E-state index contributed by atoms with van der Waals surface area (Å²) < 4.78 is 11.2. The van der Waals surface area contributed by atoms with Gasteiger partial charge in [-0.05, 0) is 25.1 Å². The normalized spacial score (nSPS) is 18.4. The van der Waals surface area contributed by atoms with E-state index in [-0.39, 0.29) is 5.91 Å². The van der Waals surface area contributed by atoms with Crippen LogP contribution in [-0.2, 0) is 9.53 Å². The summed E-state index contributed by atoms with van der Waals surface area (Å²) in [4.78, 5) is 28.1. The minimum absolute atomic E-state index is 0.0187. The number of para-hydroxylation sites is 1. The Morgan fingerprint density at radius 1 is 1.00 bits per heavy atom. The quantitative estimate of drug-likeness (QED) is 0.756. The van der Waals surface area contributed by atoms with Gasteiger partial charge in [-0.3, -0.25) is 4.79 Å². The predicted octanol–water partition coefficient (Wildman–Crippen LogP) is 1.43. The minimum atomic E-state index is -0.504. The number of anilines is 2. The Kier molecular flexibility index (Phi) is 6.09. The molecule has 1 atom stereocenters. The number of carbonyl (C=O) groups excluding carboxylic acids is 1. The van der Waals surface area contributed by atoms with Crippen molar-refractivity contribution in [1.29, 1.82) is 0 Å². The van der Waals surface area contributed by atoms with Crippen molar-refractivity contribution in [3.8, 4) is 5.75 Å². The molecule has 3 heterocycles. The Labute approximate surface area is 171 Å². The number of aromatic nitrogens is 2. The van der Waals surface area contributed by atoms with Crippen molar-refractivity contribution in [2.45, 2.75) is 13.0 Å². The molecule has 8 heteroatoms. The van der Waals surface area contributed by atoms with Crippen LogP contribution in [0.1, 0.15) is 6.92 Å². The Balaban J connectivity index is 1.32. The van der Waals surface area contributed by atoms with Gasteiger partial charge in [-0.25, -0.2) is 4.98 Å². The van der Waals surface area contributed by atoms with Gasteiger partial charge in [0.05, 0.1) is 13.2 Å². The van der Waals surface area contributed by atoms with Crippen molar-refractivity contribution in [3.63, 3.8) is 0 Å². The van der Waals surface area contributed by atoms with Gasteiger partial charge in [0.1, 0.15) is 11.6 Å². The number of piperazine rings is 1. The molecule has 0 aliphatic carbocycles. The summed E-state index contributed by atoms with van der Waals surface area (Å²) >= 11 is 0. The lowest BCUT2D eigenvalue weighted by atomic mass is 10.2. The average Bonchev–Trinajstić information content (AvgIpc) is 2.80. The van der Waals surface area contributed by atoms with E-state index in [0.29, 0.717) is 32.1 Å². The van der Waals surface area contributed by atoms with Crippen LogP contribution in [0.15, 0.2) is 42.6 Å². The van der Waals surface area contributed by atoms with Crippen molar-refractivity contribution < 1.29 is 14.3 Å². The Bertz CT molecular complexity index is 805. The summed E-state index contributed by atoms with van der Waals surface area (Å²) in [6, 6.07) is 11.4. The molecule has 1 amide bonds. The molecule has 0 spiro atoms. The highest BCUT2D eigenvalue weighted by Gasteiger charge is 2.27. The van der Waals surface area contributed by atoms with Crippen LogP contribution >= 0.6 is 0 Å². The average molecular weight is 397 g/mol. The number of hydrogen-bond donors (Lipinski definition) is 0. The first-order chi connectivity index (χ1) is 14.2. The first-order valence-electron chi connectivity index (χ1n) is 10.1. The largest absolute Gasteiger partial charge is 0.481 e. The van der Waals surface area contributed by atoms with Crippen LogP contribution in [0.4, 0.5) is 11.8 Å². The second kappa shape index (κ2) is 9.09. The van der Waals surface area contributed by atoms with Crippen LogP contribution in [-0.4, -0.2) is 79.4 Å². The third kappa shape index (κ3) is 4.76. The number of ether oxygens (including phenoxy) is 2. The molecule has 8 nitrogen and oxygen atoms in total. The van der Waals surface area contributed by atoms with E-state index in [2.05, 4.69) is 14.8 Å². The number of carbonyl (C=O) groups is 1. The van der Waals surface area contributed by atoms with Crippen LogP contribution < -0.4 is 14.5 Å². The number of rotatable bonds is 5. The standard InChI is InChI=1S/C21H27N5O3/c1-17(29-18-5-3-2-4-6-18)20(27)25-11-9-24(10-12-25)19-7-8-22-21(23-19)26-13-15-28-16-14-26/h2-8,17H,9-16H2,1H3/t17-/m1/s1. The van der Waals surface area contributed by atoms with Crippen LogP contribution in [0, 0.1) is 0 Å². The second-order valence-electron chi connectivity index (χ2n) is 7.20. The lowest BCUT2D eigenvalue weighted by Crippen LogP contribution is -2.52. The summed E-state index contributed by atoms with van der Waals surface area (Å²) in [6.07, 6.45) is 1.30. The van der Waals surface area contributed by atoms with E-state index >= 15 is 0 Å². The molecule has 2 aromatic rings. The van der Waals surface area contributed by atoms with E-state index in [0.717, 1.165) is 37.9 Å². The number of amides is 1. The van der Waals surface area contributed by atoms with Gasteiger partial charge in [-0.1, -0.05) is 18.2 Å². The molecular formula is C21H27N5O3. The summed E-state index contributed by atoms with van der Waals surface area (Å²) in [5.41, 5.74) is 0. The molecule has 0 N–H and O–H groups in total. The highest BCUT2D eigenvalue weighted by molar-refractivity contribution is 5.81. The van der Waals surface area contributed by atoms with Crippen molar-refractivity contribution >= 4 is 17.7 Å². The fraction of sp³-hybridized carbons (Fsp3) is 0.476. The Morgan fingerprint density at radius 3 is 2.45 bits per heavy atom. The molecule has 2 aliphatic heterocycles. The summed E-state index contributed by atoms with van der Waals surface area (Å²) in [7, 11) is 0. The van der Waals surface area contributed by atoms with Gasteiger partial charge in [0.15, 0.2) is 6.10 Å². The van der Waals surface area contributed by atoms with Crippen molar-refractivity contribution in [3.05, 3.63) is 42.6 Å². The highest BCUT2D eigenvalue weighted by atomic mass is 16.5. The fourth-order valence-corrected chi connectivity index (χ4v) is 3.60. The summed E-state index contributed by atoms with van der Waals surface area (Å²) in [6.45, 7) is 7.62. The summed E-state index contributed by atoms with van der Waals surface area (Å²) in [5, 5.41) is 0. The van der Waals surface area contributed by atoms with Gasteiger partial charge in [-0.15, -0.1) is 0 Å². The molecule has 2 fully saturated rings. The molecule has 2 saturated heterocycles. The lowest BCUT2D eigenvalue weighted by Gasteiger charge is -2.36. The van der Waals surface area contributed by atoms with E-state index in [9.17, 15) is 4.79 Å². The molecule has 0 unspecified atom stereocenters. The molecule has 1 aromatic carbocycles. The number of hydrogen-bond acceptors (Lipinski definition) is 7. The molecule has 1 aromatic heterocycles. The van der Waals surface area contributed by atoms with E-state index in [1.54, 1.807) is 13.1 Å². The predicted molar refractivity (Wildman–Crippen MR) is 110 cm³/mol. The van der Waals surface area contributed by atoms with Crippen LogP contribution in [0.25, 0.3) is 0 Å². The fourth-order valence-electron chi connectivity index (χ4n) is 3.60. The SMILES string of the molecule is C[C@@H](Oc1ccccc1)C(=O)N1CCN(c2ccnc(N3CCOCC3)n2)CC1. The number of nitrogens with zero attached hydrogens (tertiary/aromatic N) is 5. The minimum Gasteiger partial charge on any atom is -0.481 e.